The lowest BCUT2D eigenvalue weighted by Crippen LogP contribution is -2.42. The first kappa shape index (κ1) is 21.2. The number of halogens is 1. The molecular weight excluding hydrogens is 419 g/mol. The zero-order valence-electron chi connectivity index (χ0n) is 18.3. The number of nitrogens with zero attached hydrogens (tertiary/aromatic N) is 5. The Balaban J connectivity index is 1.34. The van der Waals surface area contributed by atoms with Crippen molar-refractivity contribution in [2.75, 3.05) is 36.8 Å². The van der Waals surface area contributed by atoms with Crippen LogP contribution in [0.15, 0.2) is 54.9 Å². The van der Waals surface area contributed by atoms with Crippen molar-refractivity contribution in [1.29, 1.82) is 0 Å². The molecule has 0 saturated carbocycles. The van der Waals surface area contributed by atoms with Crippen LogP contribution in [0.2, 0.25) is 0 Å². The van der Waals surface area contributed by atoms with E-state index in [2.05, 4.69) is 41.0 Å². The summed E-state index contributed by atoms with van der Waals surface area (Å²) in [5.41, 5.74) is 4.22. The van der Waals surface area contributed by atoms with E-state index in [1.165, 1.54) is 6.07 Å². The minimum Gasteiger partial charge on any atom is -0.338 e. The number of aryl methyl sites for hydroxylation is 1. The second-order valence-corrected chi connectivity index (χ2v) is 8.12. The maximum absolute atomic E-state index is 14.3. The summed E-state index contributed by atoms with van der Waals surface area (Å²) in [6.07, 6.45) is 3.33. The molecule has 0 spiro atoms. The van der Waals surface area contributed by atoms with Gasteiger partial charge in [-0.1, -0.05) is 18.2 Å². The van der Waals surface area contributed by atoms with Crippen LogP contribution in [0.3, 0.4) is 0 Å². The van der Waals surface area contributed by atoms with Crippen LogP contribution in [0.5, 0.6) is 0 Å². The topological polar surface area (TPSA) is 90.9 Å². The molecule has 4 aromatic rings. The van der Waals surface area contributed by atoms with Crippen molar-refractivity contribution in [3.05, 3.63) is 71.8 Å². The molecule has 1 saturated heterocycles. The molecule has 0 unspecified atom stereocenters. The Morgan fingerprint density at radius 3 is 2.85 bits per heavy atom. The Morgan fingerprint density at radius 1 is 1.09 bits per heavy atom. The van der Waals surface area contributed by atoms with Gasteiger partial charge in [0.25, 0.3) is 0 Å². The summed E-state index contributed by atoms with van der Waals surface area (Å²) < 4.78 is 14.3. The van der Waals surface area contributed by atoms with Crippen LogP contribution >= 0.6 is 0 Å². The van der Waals surface area contributed by atoms with E-state index in [1.54, 1.807) is 24.5 Å². The van der Waals surface area contributed by atoms with Crippen molar-refractivity contribution in [3.8, 4) is 0 Å². The van der Waals surface area contributed by atoms with Gasteiger partial charge in [0.05, 0.1) is 17.4 Å². The highest BCUT2D eigenvalue weighted by Crippen LogP contribution is 2.26. The van der Waals surface area contributed by atoms with Gasteiger partial charge in [0.15, 0.2) is 0 Å². The predicted molar refractivity (Wildman–Crippen MR) is 127 cm³/mol. The first-order valence-corrected chi connectivity index (χ1v) is 10.9. The molecule has 2 aromatic carbocycles. The van der Waals surface area contributed by atoms with Crippen LogP contribution in [0.1, 0.15) is 11.1 Å². The molecule has 0 atom stereocenters. The van der Waals surface area contributed by atoms with Gasteiger partial charge in [0.1, 0.15) is 11.6 Å². The Morgan fingerprint density at radius 2 is 1.97 bits per heavy atom. The van der Waals surface area contributed by atoms with Crippen LogP contribution in [-0.2, 0) is 6.54 Å². The minimum absolute atomic E-state index is 0.288. The molecular formula is C24H25FN8. The number of rotatable bonds is 6. The van der Waals surface area contributed by atoms with Crippen molar-refractivity contribution in [2.24, 2.45) is 0 Å². The van der Waals surface area contributed by atoms with Gasteiger partial charge in [0.2, 0.25) is 5.95 Å². The van der Waals surface area contributed by atoms with Gasteiger partial charge in [-0.15, -0.1) is 0 Å². The zero-order chi connectivity index (χ0) is 22.6. The van der Waals surface area contributed by atoms with Crippen molar-refractivity contribution in [3.63, 3.8) is 0 Å². The number of aromatic nitrogens is 4. The normalized spacial score (nSPS) is 14.4. The minimum atomic E-state index is -0.288. The van der Waals surface area contributed by atoms with Crippen LogP contribution in [0.4, 0.5) is 27.5 Å². The van der Waals surface area contributed by atoms with Gasteiger partial charge in [-0.2, -0.15) is 15.2 Å². The van der Waals surface area contributed by atoms with Gasteiger partial charge in [-0.3, -0.25) is 4.90 Å². The molecule has 33 heavy (non-hydrogen) atoms. The van der Waals surface area contributed by atoms with Crippen LogP contribution in [0.25, 0.3) is 10.9 Å². The first-order chi connectivity index (χ1) is 16.1. The van der Waals surface area contributed by atoms with Crippen LogP contribution < -0.4 is 16.0 Å². The van der Waals surface area contributed by atoms with Gasteiger partial charge in [-0.05, 0) is 42.3 Å². The van der Waals surface area contributed by atoms with E-state index in [0.717, 1.165) is 53.9 Å². The molecule has 3 N–H and O–H groups in total. The van der Waals surface area contributed by atoms with Crippen molar-refractivity contribution in [1.82, 2.24) is 30.4 Å². The van der Waals surface area contributed by atoms with Crippen LogP contribution in [0, 0.1) is 12.7 Å². The molecule has 8 nitrogen and oxygen atoms in total. The number of piperazine rings is 1. The number of hydrogen-bond donors (Lipinski definition) is 3. The Labute approximate surface area is 191 Å². The molecule has 1 aliphatic heterocycles. The van der Waals surface area contributed by atoms with E-state index in [0.29, 0.717) is 24.0 Å². The lowest BCUT2D eigenvalue weighted by atomic mass is 10.1. The van der Waals surface area contributed by atoms with E-state index >= 15 is 0 Å². The average molecular weight is 445 g/mol. The fourth-order valence-electron chi connectivity index (χ4n) is 4.02. The third-order valence-corrected chi connectivity index (χ3v) is 5.62. The van der Waals surface area contributed by atoms with E-state index < -0.39 is 0 Å². The molecule has 0 amide bonds. The molecule has 1 aliphatic rings. The highest BCUT2D eigenvalue weighted by molar-refractivity contribution is 5.93. The maximum atomic E-state index is 14.3. The molecule has 3 heterocycles. The summed E-state index contributed by atoms with van der Waals surface area (Å²) in [4.78, 5) is 11.2. The molecule has 0 aliphatic carbocycles. The van der Waals surface area contributed by atoms with Gasteiger partial charge >= 0.3 is 0 Å². The van der Waals surface area contributed by atoms with E-state index in [1.807, 2.05) is 31.2 Å². The van der Waals surface area contributed by atoms with Crippen molar-refractivity contribution >= 4 is 34.0 Å². The number of benzene rings is 2. The Kier molecular flexibility index (Phi) is 6.05. The van der Waals surface area contributed by atoms with Gasteiger partial charge in [-0.25, -0.2) is 9.37 Å². The molecule has 0 radical (unpaired) electrons. The number of anilines is 4. The van der Waals surface area contributed by atoms with E-state index in [9.17, 15) is 4.39 Å². The number of nitrogens with one attached hydrogen (secondary N) is 3. The highest BCUT2D eigenvalue weighted by atomic mass is 19.1. The summed E-state index contributed by atoms with van der Waals surface area (Å²) in [5, 5.41) is 19.1. The van der Waals surface area contributed by atoms with E-state index in [4.69, 9.17) is 0 Å². The SMILES string of the molecule is Cc1cccc2c(Nc3ccnc(Nc4cc(F)cc(CN5CCNCC5)c4)n3)cnnc12. The molecule has 2 aromatic heterocycles. The maximum Gasteiger partial charge on any atom is 0.229 e. The van der Waals surface area contributed by atoms with Crippen molar-refractivity contribution < 1.29 is 4.39 Å². The lowest BCUT2D eigenvalue weighted by molar-refractivity contribution is 0.233. The quantitative estimate of drug-likeness (QED) is 0.414. The summed E-state index contributed by atoms with van der Waals surface area (Å²) in [5.74, 6) is 0.686. The first-order valence-electron chi connectivity index (χ1n) is 10.9. The third kappa shape index (κ3) is 5.05. The Bertz CT molecular complexity index is 1270. The molecule has 1 fully saturated rings. The summed E-state index contributed by atoms with van der Waals surface area (Å²) in [6, 6.07) is 12.7. The smallest absolute Gasteiger partial charge is 0.229 e. The van der Waals surface area contributed by atoms with Gasteiger partial charge < -0.3 is 16.0 Å². The summed E-state index contributed by atoms with van der Waals surface area (Å²) >= 11 is 0. The monoisotopic (exact) mass is 444 g/mol. The standard InChI is InChI=1S/C24H25FN8/c1-16-3-2-4-20-21(14-28-32-23(16)20)30-22-5-6-27-24(31-22)29-19-12-17(11-18(25)13-19)15-33-9-7-26-8-10-33/h2-6,11-14,26H,7-10,15H2,1H3,(H2,27,29,30,31,32). The predicted octanol–water partition coefficient (Wildman–Crippen LogP) is 3.76. The molecule has 168 valence electrons. The molecule has 0 bridgehead atoms. The number of hydrogen-bond acceptors (Lipinski definition) is 8. The van der Waals surface area contributed by atoms with Gasteiger partial charge in [0, 0.05) is 50.0 Å². The number of fused-ring (bicyclic) bond motifs is 1. The third-order valence-electron chi connectivity index (χ3n) is 5.62. The second kappa shape index (κ2) is 9.43. The zero-order valence-corrected chi connectivity index (χ0v) is 18.3. The molecule has 5 rings (SSSR count). The highest BCUT2D eigenvalue weighted by Gasteiger charge is 2.12. The lowest BCUT2D eigenvalue weighted by Gasteiger charge is -2.27. The summed E-state index contributed by atoms with van der Waals surface area (Å²) in [7, 11) is 0. The fraction of sp³-hybridized carbons (Fsp3) is 0.250. The molecule has 9 heteroatoms. The summed E-state index contributed by atoms with van der Waals surface area (Å²) in [6.45, 7) is 6.52. The van der Waals surface area contributed by atoms with Crippen LogP contribution in [-0.4, -0.2) is 51.2 Å². The van der Waals surface area contributed by atoms with E-state index in [-0.39, 0.29) is 5.82 Å². The largest absolute Gasteiger partial charge is 0.338 e. The second-order valence-electron chi connectivity index (χ2n) is 8.12. The fourth-order valence-corrected chi connectivity index (χ4v) is 4.02. The Hall–Kier alpha value is -3.69. The average Bonchev–Trinajstić information content (AvgIpc) is 2.80. The van der Waals surface area contributed by atoms with Crippen molar-refractivity contribution in [2.45, 2.75) is 13.5 Å².